The third-order valence-electron chi connectivity index (χ3n) is 5.82. The van der Waals surface area contributed by atoms with E-state index in [0.717, 1.165) is 16.7 Å². The van der Waals surface area contributed by atoms with E-state index < -0.39 is 10.0 Å². The van der Waals surface area contributed by atoms with Gasteiger partial charge in [0.25, 0.3) is 15.9 Å². The summed E-state index contributed by atoms with van der Waals surface area (Å²) in [6.45, 7) is 2.54. The van der Waals surface area contributed by atoms with Crippen molar-refractivity contribution in [1.29, 1.82) is 0 Å². The van der Waals surface area contributed by atoms with E-state index in [1.807, 2.05) is 54.1 Å². The van der Waals surface area contributed by atoms with Gasteiger partial charge in [0.1, 0.15) is 5.69 Å². The minimum absolute atomic E-state index is 0.0664. The normalized spacial score (nSPS) is 11.3. The molecule has 11 heteroatoms. The van der Waals surface area contributed by atoms with Gasteiger partial charge in [-0.3, -0.25) is 4.72 Å². The van der Waals surface area contributed by atoms with E-state index in [1.54, 1.807) is 24.5 Å². The second kappa shape index (κ2) is 10.4. The molecule has 0 radical (unpaired) electrons. The molecule has 0 unspecified atom stereocenters. The summed E-state index contributed by atoms with van der Waals surface area (Å²) in [5.74, 6) is 1.61. The largest absolute Gasteiger partial charge is 0.493 e. The van der Waals surface area contributed by atoms with E-state index >= 15 is 0 Å². The van der Waals surface area contributed by atoms with E-state index in [4.69, 9.17) is 14.0 Å². The standard InChI is InChI=1S/C27H25N5O5S/c1-18-4-8-20(9-5-18)26-29-27(37-30-26)23-16-32(17-28-23)15-19-6-10-21(11-7-19)31-38(33,34)22-12-13-24(35-2)25(14-22)36-3/h4-14,16-17,31H,15H2,1-3H3. The summed E-state index contributed by atoms with van der Waals surface area (Å²) in [5.41, 5.74) is 3.97. The maximum Gasteiger partial charge on any atom is 0.278 e. The third kappa shape index (κ3) is 5.37. The molecule has 1 N–H and O–H groups in total. The van der Waals surface area contributed by atoms with E-state index in [0.29, 0.717) is 41.1 Å². The second-order valence-electron chi connectivity index (χ2n) is 8.54. The van der Waals surface area contributed by atoms with Crippen LogP contribution in [-0.4, -0.2) is 42.3 Å². The average molecular weight is 532 g/mol. The van der Waals surface area contributed by atoms with Crippen LogP contribution in [0.15, 0.2) is 88.7 Å². The Morgan fingerprint density at radius 1 is 0.947 bits per heavy atom. The summed E-state index contributed by atoms with van der Waals surface area (Å²) in [5, 5.41) is 4.06. The number of aromatic nitrogens is 4. The Kier molecular flexibility index (Phi) is 6.84. The molecular weight excluding hydrogens is 506 g/mol. The van der Waals surface area contributed by atoms with Crippen LogP contribution < -0.4 is 14.2 Å². The Bertz CT molecular complexity index is 1660. The van der Waals surface area contributed by atoms with E-state index in [-0.39, 0.29) is 4.90 Å². The lowest BCUT2D eigenvalue weighted by atomic mass is 10.1. The van der Waals surface area contributed by atoms with E-state index in [1.165, 1.54) is 26.4 Å². The smallest absolute Gasteiger partial charge is 0.278 e. The Labute approximate surface area is 219 Å². The zero-order valence-corrected chi connectivity index (χ0v) is 21.8. The van der Waals surface area contributed by atoms with Gasteiger partial charge >= 0.3 is 0 Å². The predicted molar refractivity (Wildman–Crippen MR) is 142 cm³/mol. The molecule has 5 rings (SSSR count). The highest BCUT2D eigenvalue weighted by Crippen LogP contribution is 2.30. The first-order valence-electron chi connectivity index (χ1n) is 11.6. The van der Waals surface area contributed by atoms with Gasteiger partial charge in [-0.1, -0.05) is 47.1 Å². The highest BCUT2D eigenvalue weighted by Gasteiger charge is 2.18. The molecule has 0 bridgehead atoms. The molecule has 0 aliphatic carbocycles. The fourth-order valence-electron chi connectivity index (χ4n) is 3.79. The van der Waals surface area contributed by atoms with E-state index in [2.05, 4.69) is 19.8 Å². The van der Waals surface area contributed by atoms with E-state index in [9.17, 15) is 8.42 Å². The minimum Gasteiger partial charge on any atom is -0.493 e. The molecule has 5 aromatic rings. The van der Waals surface area contributed by atoms with Gasteiger partial charge in [-0.05, 0) is 36.8 Å². The van der Waals surface area contributed by atoms with Gasteiger partial charge in [0.15, 0.2) is 11.5 Å². The molecule has 0 aliphatic rings. The molecule has 10 nitrogen and oxygen atoms in total. The molecule has 194 valence electrons. The average Bonchev–Trinajstić information content (AvgIpc) is 3.60. The first-order valence-corrected chi connectivity index (χ1v) is 13.1. The van der Waals surface area contributed by atoms with Crippen LogP contribution in [0.1, 0.15) is 11.1 Å². The van der Waals surface area contributed by atoms with Gasteiger partial charge < -0.3 is 18.6 Å². The number of aryl methyl sites for hydroxylation is 1. The number of nitrogens with one attached hydrogen (secondary N) is 1. The molecule has 0 spiro atoms. The van der Waals surface area contributed by atoms with Gasteiger partial charge in [0.05, 0.1) is 25.4 Å². The number of ether oxygens (including phenoxy) is 2. The van der Waals surface area contributed by atoms with Crippen LogP contribution in [0.5, 0.6) is 11.5 Å². The molecule has 0 fully saturated rings. The molecule has 0 atom stereocenters. The number of hydrogen-bond acceptors (Lipinski definition) is 8. The van der Waals surface area contributed by atoms with Crippen molar-refractivity contribution in [3.63, 3.8) is 0 Å². The third-order valence-corrected chi connectivity index (χ3v) is 7.20. The topological polar surface area (TPSA) is 121 Å². The quantitative estimate of drug-likeness (QED) is 0.289. The maximum atomic E-state index is 12.9. The van der Waals surface area contributed by atoms with Crippen LogP contribution in [0, 0.1) is 6.92 Å². The predicted octanol–water partition coefficient (Wildman–Crippen LogP) is 4.77. The van der Waals surface area contributed by atoms with Crippen molar-refractivity contribution in [2.24, 2.45) is 0 Å². The van der Waals surface area contributed by atoms with Crippen LogP contribution in [-0.2, 0) is 16.6 Å². The first-order chi connectivity index (χ1) is 18.3. The number of nitrogens with zero attached hydrogens (tertiary/aromatic N) is 4. The molecule has 0 saturated carbocycles. The monoisotopic (exact) mass is 531 g/mol. The van der Waals surface area contributed by atoms with Crippen LogP contribution in [0.25, 0.3) is 23.0 Å². The zero-order chi connectivity index (χ0) is 26.7. The number of methoxy groups -OCH3 is 2. The fraction of sp³-hybridized carbons (Fsp3) is 0.148. The molecule has 2 aromatic heterocycles. The molecule has 38 heavy (non-hydrogen) atoms. The first kappa shape index (κ1) is 25.0. The number of imidazole rings is 1. The van der Waals surface area contributed by atoms with Crippen molar-refractivity contribution < 1.29 is 22.4 Å². The molecule has 2 heterocycles. The van der Waals surface area contributed by atoms with Crippen molar-refractivity contribution >= 4 is 15.7 Å². The van der Waals surface area contributed by atoms with Crippen molar-refractivity contribution in [1.82, 2.24) is 19.7 Å². The summed E-state index contributed by atoms with van der Waals surface area (Å²) in [4.78, 5) is 8.91. The maximum absolute atomic E-state index is 12.9. The Morgan fingerprint density at radius 3 is 2.39 bits per heavy atom. The minimum atomic E-state index is -3.81. The Hall–Kier alpha value is -4.64. The van der Waals surface area contributed by atoms with Crippen LogP contribution in [0.2, 0.25) is 0 Å². The van der Waals surface area contributed by atoms with Crippen molar-refractivity contribution in [3.8, 4) is 34.5 Å². The van der Waals surface area contributed by atoms with Crippen molar-refractivity contribution in [2.75, 3.05) is 18.9 Å². The lowest BCUT2D eigenvalue weighted by Gasteiger charge is -2.12. The Balaban J connectivity index is 1.25. The van der Waals surface area contributed by atoms with Crippen molar-refractivity contribution in [2.45, 2.75) is 18.4 Å². The SMILES string of the molecule is COc1ccc(S(=O)(=O)Nc2ccc(Cn3cnc(-c4nc(-c5ccc(C)cc5)no4)c3)cc2)cc1OC. The number of sulfonamides is 1. The van der Waals surface area contributed by atoms with Gasteiger partial charge in [-0.15, -0.1) is 0 Å². The zero-order valence-electron chi connectivity index (χ0n) is 21.0. The summed E-state index contributed by atoms with van der Waals surface area (Å²) < 4.78 is 46.0. The van der Waals surface area contributed by atoms with Crippen molar-refractivity contribution in [3.05, 3.63) is 90.4 Å². The summed E-state index contributed by atoms with van der Waals surface area (Å²) in [6.07, 6.45) is 3.50. The van der Waals surface area contributed by atoms with Crippen LogP contribution >= 0.6 is 0 Å². The number of hydrogen-bond donors (Lipinski definition) is 1. The summed E-state index contributed by atoms with van der Waals surface area (Å²) in [6, 6.07) is 19.4. The highest BCUT2D eigenvalue weighted by molar-refractivity contribution is 7.92. The number of benzene rings is 3. The molecule has 0 amide bonds. The van der Waals surface area contributed by atoms with Crippen LogP contribution in [0.4, 0.5) is 5.69 Å². The summed E-state index contributed by atoms with van der Waals surface area (Å²) in [7, 11) is -0.872. The van der Waals surface area contributed by atoms with Gasteiger partial charge in [0.2, 0.25) is 5.82 Å². The molecular formula is C27H25N5O5S. The van der Waals surface area contributed by atoms with Gasteiger partial charge in [0, 0.05) is 30.1 Å². The lowest BCUT2D eigenvalue weighted by Crippen LogP contribution is -2.13. The highest BCUT2D eigenvalue weighted by atomic mass is 32.2. The molecule has 3 aromatic carbocycles. The second-order valence-corrected chi connectivity index (χ2v) is 10.2. The van der Waals surface area contributed by atoms with Crippen LogP contribution in [0.3, 0.4) is 0 Å². The Morgan fingerprint density at radius 2 is 1.68 bits per heavy atom. The molecule has 0 saturated heterocycles. The van der Waals surface area contributed by atoms with Gasteiger partial charge in [-0.25, -0.2) is 13.4 Å². The van der Waals surface area contributed by atoms with Gasteiger partial charge in [-0.2, -0.15) is 4.98 Å². The fourth-order valence-corrected chi connectivity index (χ4v) is 4.86. The number of rotatable bonds is 9. The summed E-state index contributed by atoms with van der Waals surface area (Å²) >= 11 is 0. The molecule has 0 aliphatic heterocycles. The number of anilines is 1. The lowest BCUT2D eigenvalue weighted by molar-refractivity contribution is 0.354.